The Kier molecular flexibility index (Phi) is 4.46. The summed E-state index contributed by atoms with van der Waals surface area (Å²) < 4.78 is -0.936. The summed E-state index contributed by atoms with van der Waals surface area (Å²) in [6.07, 6.45) is 2.74. The van der Waals surface area contributed by atoms with Crippen molar-refractivity contribution < 1.29 is 9.59 Å². The van der Waals surface area contributed by atoms with Gasteiger partial charge in [-0.05, 0) is 52.1 Å². The van der Waals surface area contributed by atoms with E-state index >= 15 is 0 Å². The van der Waals surface area contributed by atoms with Crippen molar-refractivity contribution in [2.24, 2.45) is 5.92 Å². The van der Waals surface area contributed by atoms with Crippen LogP contribution in [0.15, 0.2) is 0 Å². The van der Waals surface area contributed by atoms with Gasteiger partial charge in [0, 0.05) is 0 Å². The van der Waals surface area contributed by atoms with Gasteiger partial charge in [-0.15, -0.1) is 0 Å². The maximum absolute atomic E-state index is 11.5. The van der Waals surface area contributed by atoms with Crippen molar-refractivity contribution in [1.29, 1.82) is 0 Å². The standard InChI is InChI=1S/C11H18BrNO2/c1-8(14)11(12,9(2)15)7-10-3-5-13-6-4-10/h10,13H,3-7H2,1-2H3. The first-order valence-electron chi connectivity index (χ1n) is 5.38. The molecule has 0 aromatic rings. The van der Waals surface area contributed by atoms with Crippen LogP contribution in [0.5, 0.6) is 0 Å². The van der Waals surface area contributed by atoms with Gasteiger partial charge in [0.05, 0.1) is 0 Å². The molecule has 0 bridgehead atoms. The second-order valence-electron chi connectivity index (χ2n) is 4.31. The number of rotatable bonds is 4. The molecule has 1 rings (SSSR count). The molecule has 0 aliphatic carbocycles. The zero-order chi connectivity index (χ0) is 11.5. The molecule has 1 aliphatic rings. The predicted molar refractivity (Wildman–Crippen MR) is 63.2 cm³/mol. The first-order chi connectivity index (χ1) is 6.97. The summed E-state index contributed by atoms with van der Waals surface area (Å²) in [6.45, 7) is 4.95. The van der Waals surface area contributed by atoms with Crippen molar-refractivity contribution >= 4 is 27.5 Å². The number of nitrogens with one attached hydrogen (secondary N) is 1. The average molecular weight is 276 g/mol. The Bertz CT molecular complexity index is 245. The van der Waals surface area contributed by atoms with E-state index < -0.39 is 4.32 Å². The average Bonchev–Trinajstić information content (AvgIpc) is 2.18. The normalized spacial score (nSPS) is 18.9. The molecule has 15 heavy (non-hydrogen) atoms. The Morgan fingerprint density at radius 1 is 1.27 bits per heavy atom. The largest absolute Gasteiger partial charge is 0.317 e. The third-order valence-corrected chi connectivity index (χ3v) is 4.59. The van der Waals surface area contributed by atoms with Crippen molar-refractivity contribution in [2.75, 3.05) is 13.1 Å². The lowest BCUT2D eigenvalue weighted by molar-refractivity contribution is -0.128. The Hall–Kier alpha value is -0.220. The highest BCUT2D eigenvalue weighted by atomic mass is 79.9. The maximum Gasteiger partial charge on any atom is 0.153 e. The molecule has 3 nitrogen and oxygen atoms in total. The number of ketones is 2. The van der Waals surface area contributed by atoms with Gasteiger partial charge < -0.3 is 5.32 Å². The Morgan fingerprint density at radius 3 is 2.13 bits per heavy atom. The number of hydrogen-bond acceptors (Lipinski definition) is 3. The lowest BCUT2D eigenvalue weighted by Gasteiger charge is -2.29. The van der Waals surface area contributed by atoms with Gasteiger partial charge in [-0.3, -0.25) is 9.59 Å². The van der Waals surface area contributed by atoms with Crippen molar-refractivity contribution in [3.8, 4) is 0 Å². The summed E-state index contributed by atoms with van der Waals surface area (Å²) in [7, 11) is 0. The Morgan fingerprint density at radius 2 is 1.73 bits per heavy atom. The predicted octanol–water partition coefficient (Wildman–Crippen LogP) is 1.69. The number of carbonyl (C=O) groups is 2. The number of alkyl halides is 1. The van der Waals surface area contributed by atoms with Crippen molar-refractivity contribution in [2.45, 2.75) is 37.4 Å². The highest BCUT2D eigenvalue weighted by molar-refractivity contribution is 9.10. The van der Waals surface area contributed by atoms with Crippen LogP contribution in [0.3, 0.4) is 0 Å². The van der Waals surface area contributed by atoms with Gasteiger partial charge in [-0.25, -0.2) is 0 Å². The molecule has 0 amide bonds. The van der Waals surface area contributed by atoms with Crippen LogP contribution in [0.25, 0.3) is 0 Å². The van der Waals surface area contributed by atoms with Gasteiger partial charge in [0.15, 0.2) is 11.6 Å². The minimum atomic E-state index is -0.936. The molecule has 86 valence electrons. The summed E-state index contributed by atoms with van der Waals surface area (Å²) in [6, 6.07) is 0. The van der Waals surface area contributed by atoms with Crippen LogP contribution in [0, 0.1) is 5.92 Å². The molecule has 0 aromatic heterocycles. The van der Waals surface area contributed by atoms with Gasteiger partial charge >= 0.3 is 0 Å². The topological polar surface area (TPSA) is 46.2 Å². The van der Waals surface area contributed by atoms with Gasteiger partial charge in [0.2, 0.25) is 0 Å². The highest BCUT2D eigenvalue weighted by Crippen LogP contribution is 2.32. The van der Waals surface area contributed by atoms with E-state index in [1.807, 2.05) is 0 Å². The molecule has 1 N–H and O–H groups in total. The number of halogens is 1. The second kappa shape index (κ2) is 5.21. The van der Waals surface area contributed by atoms with E-state index in [9.17, 15) is 9.59 Å². The fourth-order valence-electron chi connectivity index (χ4n) is 2.02. The molecular formula is C11H18BrNO2. The van der Waals surface area contributed by atoms with Crippen LogP contribution in [-0.2, 0) is 9.59 Å². The zero-order valence-electron chi connectivity index (χ0n) is 9.31. The molecule has 1 saturated heterocycles. The Balaban J connectivity index is 2.65. The molecule has 1 heterocycles. The number of hydrogen-bond donors (Lipinski definition) is 1. The summed E-state index contributed by atoms with van der Waals surface area (Å²) >= 11 is 3.33. The summed E-state index contributed by atoms with van der Waals surface area (Å²) in [5.74, 6) is 0.320. The van der Waals surface area contributed by atoms with Crippen LogP contribution in [0.2, 0.25) is 0 Å². The zero-order valence-corrected chi connectivity index (χ0v) is 10.9. The number of piperidine rings is 1. The second-order valence-corrected chi connectivity index (χ2v) is 5.66. The lowest BCUT2D eigenvalue weighted by atomic mass is 9.84. The van der Waals surface area contributed by atoms with Crippen LogP contribution < -0.4 is 5.32 Å². The van der Waals surface area contributed by atoms with Crippen LogP contribution in [0.4, 0.5) is 0 Å². The van der Waals surface area contributed by atoms with E-state index in [0.717, 1.165) is 25.9 Å². The van der Waals surface area contributed by atoms with E-state index in [1.165, 1.54) is 13.8 Å². The molecule has 1 fully saturated rings. The van der Waals surface area contributed by atoms with Gasteiger partial charge in [0.25, 0.3) is 0 Å². The first kappa shape index (κ1) is 12.8. The summed E-state index contributed by atoms with van der Waals surface area (Å²) in [5.41, 5.74) is 0. The van der Waals surface area contributed by atoms with Gasteiger partial charge in [-0.2, -0.15) is 0 Å². The molecule has 4 heteroatoms. The quantitative estimate of drug-likeness (QED) is 0.628. The van der Waals surface area contributed by atoms with Gasteiger partial charge in [-0.1, -0.05) is 15.9 Å². The molecule has 0 saturated carbocycles. The molecule has 0 unspecified atom stereocenters. The SMILES string of the molecule is CC(=O)C(Br)(CC1CCNCC1)C(C)=O. The Labute approximate surface area is 99.1 Å². The number of carbonyl (C=O) groups excluding carboxylic acids is 2. The molecule has 0 atom stereocenters. The van der Waals surface area contributed by atoms with Crippen LogP contribution in [-0.4, -0.2) is 29.0 Å². The molecule has 0 spiro atoms. The summed E-state index contributed by atoms with van der Waals surface area (Å²) in [4.78, 5) is 23.0. The fraction of sp³-hybridized carbons (Fsp3) is 0.818. The van der Waals surface area contributed by atoms with Crippen molar-refractivity contribution in [3.63, 3.8) is 0 Å². The minimum absolute atomic E-state index is 0.0754. The first-order valence-corrected chi connectivity index (χ1v) is 6.18. The third-order valence-electron chi connectivity index (χ3n) is 3.14. The van der Waals surface area contributed by atoms with Crippen LogP contribution in [0.1, 0.15) is 33.1 Å². The molecule has 1 aliphatic heterocycles. The smallest absolute Gasteiger partial charge is 0.153 e. The monoisotopic (exact) mass is 275 g/mol. The molecule has 0 aromatic carbocycles. The van der Waals surface area contributed by atoms with Gasteiger partial charge in [0.1, 0.15) is 4.32 Å². The van der Waals surface area contributed by atoms with E-state index in [2.05, 4.69) is 21.2 Å². The van der Waals surface area contributed by atoms with E-state index in [1.54, 1.807) is 0 Å². The molecular weight excluding hydrogens is 258 g/mol. The number of Topliss-reactive ketones (excluding diaryl/α,β-unsaturated/α-hetero) is 2. The van der Waals surface area contributed by atoms with Crippen molar-refractivity contribution in [1.82, 2.24) is 5.32 Å². The van der Waals surface area contributed by atoms with E-state index in [0.29, 0.717) is 12.3 Å². The molecule has 0 radical (unpaired) electrons. The third kappa shape index (κ3) is 3.11. The fourth-order valence-corrected chi connectivity index (χ4v) is 2.48. The van der Waals surface area contributed by atoms with E-state index in [-0.39, 0.29) is 11.6 Å². The van der Waals surface area contributed by atoms with E-state index in [4.69, 9.17) is 0 Å². The van der Waals surface area contributed by atoms with Crippen LogP contribution >= 0.6 is 15.9 Å². The summed E-state index contributed by atoms with van der Waals surface area (Å²) in [5, 5.41) is 3.27. The minimum Gasteiger partial charge on any atom is -0.317 e. The van der Waals surface area contributed by atoms with Crippen molar-refractivity contribution in [3.05, 3.63) is 0 Å². The lowest BCUT2D eigenvalue weighted by Crippen LogP contribution is -2.41. The maximum atomic E-state index is 11.5. The highest BCUT2D eigenvalue weighted by Gasteiger charge is 2.39.